The van der Waals surface area contributed by atoms with E-state index < -0.39 is 0 Å². The van der Waals surface area contributed by atoms with E-state index in [1.807, 2.05) is 13.8 Å². The normalized spacial score (nSPS) is 12.1. The standard InChI is InChI=1S/C16H19FN2O2/c1-3-11(2)19-15(20)8-9-16-18-10-14(21-16)12-6-4-5-7-13(12)17/h4-7,10-11H,3,8-9H2,1-2H3,(H,19,20). The molecule has 0 radical (unpaired) electrons. The van der Waals surface area contributed by atoms with Gasteiger partial charge in [-0.25, -0.2) is 9.37 Å². The highest BCUT2D eigenvalue weighted by molar-refractivity contribution is 5.76. The lowest BCUT2D eigenvalue weighted by molar-refractivity contribution is -0.121. The van der Waals surface area contributed by atoms with E-state index in [0.717, 1.165) is 6.42 Å². The number of halogens is 1. The van der Waals surface area contributed by atoms with Gasteiger partial charge in [0.25, 0.3) is 0 Å². The molecule has 0 aliphatic rings. The van der Waals surface area contributed by atoms with Gasteiger partial charge in [-0.3, -0.25) is 4.79 Å². The van der Waals surface area contributed by atoms with Crippen LogP contribution in [0.4, 0.5) is 4.39 Å². The van der Waals surface area contributed by atoms with Crippen molar-refractivity contribution in [2.24, 2.45) is 0 Å². The first-order valence-corrected chi connectivity index (χ1v) is 7.09. The van der Waals surface area contributed by atoms with E-state index in [-0.39, 0.29) is 17.8 Å². The number of nitrogens with zero attached hydrogens (tertiary/aromatic N) is 1. The zero-order valence-corrected chi connectivity index (χ0v) is 12.2. The summed E-state index contributed by atoms with van der Waals surface area (Å²) in [5.74, 6) is 0.433. The van der Waals surface area contributed by atoms with Crippen LogP contribution in [0, 0.1) is 5.82 Å². The molecule has 4 nitrogen and oxygen atoms in total. The largest absolute Gasteiger partial charge is 0.441 e. The molecule has 1 heterocycles. The highest BCUT2D eigenvalue weighted by Crippen LogP contribution is 2.23. The minimum absolute atomic E-state index is 0.0324. The van der Waals surface area contributed by atoms with Crippen LogP contribution in [0.5, 0.6) is 0 Å². The van der Waals surface area contributed by atoms with E-state index in [2.05, 4.69) is 10.3 Å². The van der Waals surface area contributed by atoms with E-state index >= 15 is 0 Å². The van der Waals surface area contributed by atoms with Crippen LogP contribution in [0.3, 0.4) is 0 Å². The van der Waals surface area contributed by atoms with Crippen LogP contribution in [-0.2, 0) is 11.2 Å². The molecular formula is C16H19FN2O2. The molecule has 21 heavy (non-hydrogen) atoms. The van der Waals surface area contributed by atoms with Crippen molar-refractivity contribution in [3.8, 4) is 11.3 Å². The number of carbonyl (C=O) groups excluding carboxylic acids is 1. The maximum absolute atomic E-state index is 13.6. The third kappa shape index (κ3) is 4.15. The predicted molar refractivity (Wildman–Crippen MR) is 78.1 cm³/mol. The average Bonchev–Trinajstić information content (AvgIpc) is 2.94. The Balaban J connectivity index is 1.95. The van der Waals surface area contributed by atoms with Crippen molar-refractivity contribution in [1.29, 1.82) is 0 Å². The Morgan fingerprint density at radius 2 is 2.19 bits per heavy atom. The number of amides is 1. The number of aromatic nitrogens is 1. The number of rotatable bonds is 6. The second-order valence-electron chi connectivity index (χ2n) is 4.97. The Bertz CT molecular complexity index is 610. The molecular weight excluding hydrogens is 271 g/mol. The third-order valence-corrected chi connectivity index (χ3v) is 3.28. The van der Waals surface area contributed by atoms with Crippen molar-refractivity contribution in [2.45, 2.75) is 39.2 Å². The summed E-state index contributed by atoms with van der Waals surface area (Å²) >= 11 is 0. The maximum atomic E-state index is 13.6. The number of hydrogen-bond donors (Lipinski definition) is 1. The number of aryl methyl sites for hydroxylation is 1. The van der Waals surface area contributed by atoms with Gasteiger partial charge in [0.05, 0.1) is 11.8 Å². The Kier molecular flexibility index (Phi) is 5.09. The van der Waals surface area contributed by atoms with Crippen LogP contribution in [0.1, 0.15) is 32.6 Å². The topological polar surface area (TPSA) is 55.1 Å². The number of hydrogen-bond acceptors (Lipinski definition) is 3. The summed E-state index contributed by atoms with van der Waals surface area (Å²) in [6, 6.07) is 6.53. The zero-order chi connectivity index (χ0) is 15.2. The molecule has 1 unspecified atom stereocenters. The van der Waals surface area contributed by atoms with E-state index in [9.17, 15) is 9.18 Å². The second kappa shape index (κ2) is 7.02. The van der Waals surface area contributed by atoms with Crippen LogP contribution in [0.15, 0.2) is 34.9 Å². The molecule has 0 saturated heterocycles. The average molecular weight is 290 g/mol. The molecule has 1 atom stereocenters. The van der Waals surface area contributed by atoms with Crippen molar-refractivity contribution in [3.63, 3.8) is 0 Å². The molecule has 0 bridgehead atoms. The Hall–Kier alpha value is -2.17. The van der Waals surface area contributed by atoms with E-state index in [4.69, 9.17) is 4.42 Å². The molecule has 2 aromatic rings. The molecule has 0 aliphatic heterocycles. The number of oxazole rings is 1. The third-order valence-electron chi connectivity index (χ3n) is 3.28. The van der Waals surface area contributed by atoms with E-state index in [1.54, 1.807) is 18.2 Å². The van der Waals surface area contributed by atoms with Crippen molar-refractivity contribution in [2.75, 3.05) is 0 Å². The summed E-state index contributed by atoms with van der Waals surface area (Å²) in [5, 5.41) is 2.88. The summed E-state index contributed by atoms with van der Waals surface area (Å²) in [6.45, 7) is 3.97. The van der Waals surface area contributed by atoms with E-state index in [0.29, 0.717) is 30.1 Å². The zero-order valence-electron chi connectivity index (χ0n) is 12.2. The highest BCUT2D eigenvalue weighted by Gasteiger charge is 2.12. The van der Waals surface area contributed by atoms with Crippen LogP contribution in [-0.4, -0.2) is 16.9 Å². The van der Waals surface area contributed by atoms with Gasteiger partial charge in [0.15, 0.2) is 11.7 Å². The Morgan fingerprint density at radius 1 is 1.43 bits per heavy atom. The first-order chi connectivity index (χ1) is 10.1. The molecule has 112 valence electrons. The van der Waals surface area contributed by atoms with Crippen molar-refractivity contribution < 1.29 is 13.6 Å². The van der Waals surface area contributed by atoms with Gasteiger partial charge >= 0.3 is 0 Å². The molecule has 1 aromatic heterocycles. The van der Waals surface area contributed by atoms with Crippen LogP contribution >= 0.6 is 0 Å². The molecule has 2 rings (SSSR count). The van der Waals surface area contributed by atoms with Crippen LogP contribution in [0.2, 0.25) is 0 Å². The fourth-order valence-electron chi connectivity index (χ4n) is 1.88. The molecule has 1 aromatic carbocycles. The van der Waals surface area contributed by atoms with Gasteiger partial charge in [0.1, 0.15) is 5.82 Å². The molecule has 0 saturated carbocycles. The summed E-state index contributed by atoms with van der Waals surface area (Å²) in [4.78, 5) is 15.8. The van der Waals surface area contributed by atoms with Crippen molar-refractivity contribution in [1.82, 2.24) is 10.3 Å². The quantitative estimate of drug-likeness (QED) is 0.887. The molecule has 1 N–H and O–H groups in total. The second-order valence-corrected chi connectivity index (χ2v) is 4.97. The SMILES string of the molecule is CCC(C)NC(=O)CCc1ncc(-c2ccccc2F)o1. The summed E-state index contributed by atoms with van der Waals surface area (Å²) < 4.78 is 19.1. The lowest BCUT2D eigenvalue weighted by Gasteiger charge is -2.10. The fraction of sp³-hybridized carbons (Fsp3) is 0.375. The molecule has 0 fully saturated rings. The molecule has 0 aliphatic carbocycles. The van der Waals surface area contributed by atoms with Gasteiger partial charge in [-0.1, -0.05) is 19.1 Å². The van der Waals surface area contributed by atoms with Crippen LogP contribution < -0.4 is 5.32 Å². The Labute approximate surface area is 123 Å². The van der Waals surface area contributed by atoms with Gasteiger partial charge < -0.3 is 9.73 Å². The van der Waals surface area contributed by atoms with E-state index in [1.165, 1.54) is 12.3 Å². The van der Waals surface area contributed by atoms with Crippen molar-refractivity contribution in [3.05, 3.63) is 42.2 Å². The number of nitrogens with one attached hydrogen (secondary N) is 1. The first-order valence-electron chi connectivity index (χ1n) is 7.09. The molecule has 0 spiro atoms. The summed E-state index contributed by atoms with van der Waals surface area (Å²) in [7, 11) is 0. The monoisotopic (exact) mass is 290 g/mol. The minimum atomic E-state index is -0.352. The van der Waals surface area contributed by atoms with Gasteiger partial charge in [0, 0.05) is 18.9 Å². The number of carbonyl (C=O) groups is 1. The summed E-state index contributed by atoms with van der Waals surface area (Å²) in [6.07, 6.45) is 3.08. The molecule has 1 amide bonds. The predicted octanol–water partition coefficient (Wildman–Crippen LogP) is 3.33. The smallest absolute Gasteiger partial charge is 0.220 e. The van der Waals surface area contributed by atoms with Gasteiger partial charge in [-0.15, -0.1) is 0 Å². The van der Waals surface area contributed by atoms with Gasteiger partial charge in [-0.2, -0.15) is 0 Å². The molecule has 5 heteroatoms. The summed E-state index contributed by atoms with van der Waals surface area (Å²) in [5.41, 5.74) is 0.375. The van der Waals surface area contributed by atoms with Gasteiger partial charge in [0.2, 0.25) is 5.91 Å². The Morgan fingerprint density at radius 3 is 2.90 bits per heavy atom. The highest BCUT2D eigenvalue weighted by atomic mass is 19.1. The fourth-order valence-corrected chi connectivity index (χ4v) is 1.88. The van der Waals surface area contributed by atoms with Gasteiger partial charge in [-0.05, 0) is 25.5 Å². The lowest BCUT2D eigenvalue weighted by atomic mass is 10.2. The maximum Gasteiger partial charge on any atom is 0.220 e. The lowest BCUT2D eigenvalue weighted by Crippen LogP contribution is -2.32. The number of benzene rings is 1. The van der Waals surface area contributed by atoms with Crippen LogP contribution in [0.25, 0.3) is 11.3 Å². The minimum Gasteiger partial charge on any atom is -0.441 e. The van der Waals surface area contributed by atoms with Crippen molar-refractivity contribution >= 4 is 5.91 Å². The first kappa shape index (κ1) is 15.2.